The first-order chi connectivity index (χ1) is 11.7. The highest BCUT2D eigenvalue weighted by Crippen LogP contribution is 2.39. The summed E-state index contributed by atoms with van der Waals surface area (Å²) in [5.41, 5.74) is 7.44. The van der Waals surface area contributed by atoms with Gasteiger partial charge in [-0.25, -0.2) is 0 Å². The molecule has 24 heavy (non-hydrogen) atoms. The van der Waals surface area contributed by atoms with E-state index in [2.05, 4.69) is 16.4 Å². The molecule has 3 rings (SSSR count). The minimum Gasteiger partial charge on any atom is -0.493 e. The number of nitrogens with one attached hydrogen (secondary N) is 1. The summed E-state index contributed by atoms with van der Waals surface area (Å²) in [5, 5.41) is 12.8. The van der Waals surface area contributed by atoms with Crippen molar-refractivity contribution in [2.24, 2.45) is 16.1 Å². The number of aliphatic hydroxyl groups excluding tert-OH is 1. The van der Waals surface area contributed by atoms with E-state index in [1.807, 2.05) is 18.2 Å². The maximum absolute atomic E-state index is 9.41. The number of guanidine groups is 1. The summed E-state index contributed by atoms with van der Waals surface area (Å²) < 4.78 is 5.69. The minimum absolute atomic E-state index is 0.132. The number of fused-ring (bicyclic) bond motifs is 1. The molecule has 1 saturated carbocycles. The highest BCUT2D eigenvalue weighted by Gasteiger charge is 2.31. The van der Waals surface area contributed by atoms with Crippen molar-refractivity contribution in [1.29, 1.82) is 0 Å². The van der Waals surface area contributed by atoms with Crippen LogP contribution < -0.4 is 15.8 Å². The zero-order chi connectivity index (χ0) is 16.8. The summed E-state index contributed by atoms with van der Waals surface area (Å²) in [6, 6.07) is 8.23. The van der Waals surface area contributed by atoms with Crippen LogP contribution in [0.5, 0.6) is 5.75 Å². The van der Waals surface area contributed by atoms with Crippen molar-refractivity contribution in [3.63, 3.8) is 0 Å². The molecule has 0 radical (unpaired) electrons. The maximum atomic E-state index is 9.41. The van der Waals surface area contributed by atoms with E-state index in [0.29, 0.717) is 19.1 Å². The van der Waals surface area contributed by atoms with Crippen molar-refractivity contribution in [3.05, 3.63) is 29.8 Å². The van der Waals surface area contributed by atoms with E-state index >= 15 is 0 Å². The number of benzene rings is 1. The first-order valence-electron chi connectivity index (χ1n) is 9.11. The number of rotatable bonds is 5. The predicted octanol–water partition coefficient (Wildman–Crippen LogP) is 2.75. The van der Waals surface area contributed by atoms with Crippen molar-refractivity contribution in [2.75, 3.05) is 19.8 Å². The lowest BCUT2D eigenvalue weighted by Gasteiger charge is -2.35. The standard InChI is InChI=1S/C19H29N3O2/c20-18(21-14-19(11-12-23)9-4-1-5-10-19)22-16-8-13-24-17-7-3-2-6-15(16)17/h2-3,6-7,16,23H,1,4-5,8-14H2,(H3,20,21,22). The number of aliphatic imine (C=N–C) groups is 1. The van der Waals surface area contributed by atoms with Crippen LogP contribution in [-0.4, -0.2) is 30.8 Å². The van der Waals surface area contributed by atoms with Crippen LogP contribution in [0.2, 0.25) is 0 Å². The largest absolute Gasteiger partial charge is 0.493 e. The van der Waals surface area contributed by atoms with Gasteiger partial charge in [-0.05, 0) is 30.7 Å². The van der Waals surface area contributed by atoms with Crippen molar-refractivity contribution < 1.29 is 9.84 Å². The van der Waals surface area contributed by atoms with Crippen LogP contribution in [0.15, 0.2) is 29.3 Å². The van der Waals surface area contributed by atoms with Gasteiger partial charge in [-0.1, -0.05) is 37.5 Å². The number of nitrogens with zero attached hydrogens (tertiary/aromatic N) is 1. The van der Waals surface area contributed by atoms with Crippen LogP contribution in [0.3, 0.4) is 0 Å². The first-order valence-corrected chi connectivity index (χ1v) is 9.11. The third-order valence-electron chi connectivity index (χ3n) is 5.42. The van der Waals surface area contributed by atoms with Gasteiger partial charge in [-0.2, -0.15) is 0 Å². The van der Waals surface area contributed by atoms with Crippen molar-refractivity contribution in [1.82, 2.24) is 5.32 Å². The molecular weight excluding hydrogens is 302 g/mol. The van der Waals surface area contributed by atoms with Crippen LogP contribution in [0.1, 0.15) is 56.6 Å². The Morgan fingerprint density at radius 3 is 2.88 bits per heavy atom. The van der Waals surface area contributed by atoms with Crippen LogP contribution in [0, 0.1) is 5.41 Å². The summed E-state index contributed by atoms with van der Waals surface area (Å²) in [6.45, 7) is 1.63. The smallest absolute Gasteiger partial charge is 0.189 e. The molecule has 0 bridgehead atoms. The Morgan fingerprint density at radius 2 is 2.08 bits per heavy atom. The lowest BCUT2D eigenvalue weighted by atomic mass is 9.72. The van der Waals surface area contributed by atoms with E-state index in [0.717, 1.165) is 37.0 Å². The number of para-hydroxylation sites is 1. The van der Waals surface area contributed by atoms with E-state index < -0.39 is 0 Å². The molecule has 0 saturated heterocycles. The molecule has 5 nitrogen and oxygen atoms in total. The quantitative estimate of drug-likeness (QED) is 0.572. The minimum atomic E-state index is 0.132. The normalized spacial score (nSPS) is 23.2. The molecule has 1 atom stereocenters. The van der Waals surface area contributed by atoms with Gasteiger partial charge in [0.05, 0.1) is 12.6 Å². The molecule has 2 aliphatic rings. The van der Waals surface area contributed by atoms with Crippen molar-refractivity contribution in [2.45, 2.75) is 51.0 Å². The zero-order valence-corrected chi connectivity index (χ0v) is 14.3. The first kappa shape index (κ1) is 17.1. The molecule has 0 amide bonds. The molecule has 0 spiro atoms. The van der Waals surface area contributed by atoms with Gasteiger partial charge in [0.1, 0.15) is 5.75 Å². The molecule has 1 unspecified atom stereocenters. The Bertz CT molecular complexity index is 562. The average molecular weight is 331 g/mol. The predicted molar refractivity (Wildman–Crippen MR) is 96.1 cm³/mol. The Balaban J connectivity index is 1.64. The highest BCUT2D eigenvalue weighted by atomic mass is 16.5. The summed E-state index contributed by atoms with van der Waals surface area (Å²) in [6.07, 6.45) is 7.75. The van der Waals surface area contributed by atoms with Gasteiger partial charge >= 0.3 is 0 Å². The number of nitrogens with two attached hydrogens (primary N) is 1. The molecule has 5 heteroatoms. The van der Waals surface area contributed by atoms with Crippen LogP contribution in [-0.2, 0) is 0 Å². The van der Waals surface area contributed by atoms with Gasteiger partial charge in [0, 0.05) is 25.1 Å². The topological polar surface area (TPSA) is 79.9 Å². The monoisotopic (exact) mass is 331 g/mol. The molecule has 1 aromatic carbocycles. The number of aliphatic hydroxyl groups is 1. The molecule has 1 fully saturated rings. The SMILES string of the molecule is NC(=NCC1(CCO)CCCCC1)NC1CCOc2ccccc21. The molecule has 1 heterocycles. The second-order valence-corrected chi connectivity index (χ2v) is 7.11. The molecule has 0 aromatic heterocycles. The zero-order valence-electron chi connectivity index (χ0n) is 14.3. The Kier molecular flexibility index (Phi) is 5.61. The fourth-order valence-electron chi connectivity index (χ4n) is 4.00. The molecule has 132 valence electrons. The fourth-order valence-corrected chi connectivity index (χ4v) is 4.00. The number of ether oxygens (including phenoxy) is 1. The van der Waals surface area contributed by atoms with E-state index in [9.17, 15) is 5.11 Å². The third-order valence-corrected chi connectivity index (χ3v) is 5.42. The third kappa shape index (κ3) is 4.01. The highest BCUT2D eigenvalue weighted by molar-refractivity contribution is 5.78. The van der Waals surface area contributed by atoms with Crippen LogP contribution >= 0.6 is 0 Å². The van der Waals surface area contributed by atoms with E-state index in [-0.39, 0.29) is 18.1 Å². The number of hydrogen-bond donors (Lipinski definition) is 3. The van der Waals surface area contributed by atoms with Gasteiger partial charge < -0.3 is 20.9 Å². The summed E-state index contributed by atoms with van der Waals surface area (Å²) in [4.78, 5) is 4.64. The molecule has 4 N–H and O–H groups in total. The summed E-state index contributed by atoms with van der Waals surface area (Å²) >= 11 is 0. The van der Waals surface area contributed by atoms with E-state index in [1.165, 1.54) is 19.3 Å². The van der Waals surface area contributed by atoms with Crippen molar-refractivity contribution in [3.8, 4) is 5.75 Å². The fraction of sp³-hybridized carbons (Fsp3) is 0.632. The Morgan fingerprint density at radius 1 is 1.29 bits per heavy atom. The Labute approximate surface area is 144 Å². The lowest BCUT2D eigenvalue weighted by molar-refractivity contribution is 0.137. The average Bonchev–Trinajstić information content (AvgIpc) is 2.62. The molecular formula is C19H29N3O2. The Hall–Kier alpha value is -1.75. The van der Waals surface area contributed by atoms with Crippen LogP contribution in [0.25, 0.3) is 0 Å². The second-order valence-electron chi connectivity index (χ2n) is 7.11. The lowest BCUT2D eigenvalue weighted by Crippen LogP contribution is -2.39. The molecule has 1 aromatic rings. The summed E-state index contributed by atoms with van der Waals surface area (Å²) in [7, 11) is 0. The second kappa shape index (κ2) is 7.88. The van der Waals surface area contributed by atoms with Gasteiger partial charge in [0.25, 0.3) is 0 Å². The van der Waals surface area contributed by atoms with E-state index in [4.69, 9.17) is 10.5 Å². The molecule has 1 aliphatic heterocycles. The summed E-state index contributed by atoms with van der Waals surface area (Å²) in [5.74, 6) is 1.43. The van der Waals surface area contributed by atoms with Crippen molar-refractivity contribution >= 4 is 5.96 Å². The number of hydrogen-bond acceptors (Lipinski definition) is 3. The molecule has 1 aliphatic carbocycles. The van der Waals surface area contributed by atoms with Gasteiger partial charge in [-0.3, -0.25) is 4.99 Å². The maximum Gasteiger partial charge on any atom is 0.189 e. The van der Waals surface area contributed by atoms with E-state index in [1.54, 1.807) is 0 Å². The van der Waals surface area contributed by atoms with Crippen LogP contribution in [0.4, 0.5) is 0 Å². The van der Waals surface area contributed by atoms with Gasteiger partial charge in [0.15, 0.2) is 5.96 Å². The van der Waals surface area contributed by atoms with Gasteiger partial charge in [0.2, 0.25) is 0 Å². The van der Waals surface area contributed by atoms with Gasteiger partial charge in [-0.15, -0.1) is 0 Å².